The Labute approximate surface area is 110 Å². The number of hydrogen-bond donors (Lipinski definition) is 0. The third-order valence-corrected chi connectivity index (χ3v) is 3.35. The van der Waals surface area contributed by atoms with Crippen LogP contribution in [0, 0.1) is 0 Å². The molecule has 0 amide bonds. The maximum Gasteiger partial charge on any atom is 0.00461 e. The summed E-state index contributed by atoms with van der Waals surface area (Å²) in [4.78, 5) is 0. The minimum absolute atomic E-state index is 0.520. The largest absolute Gasteiger partial charge is 0.0652 e. The highest BCUT2D eigenvalue weighted by atomic mass is 14.1. The quantitative estimate of drug-likeness (QED) is 0.677. The maximum absolute atomic E-state index is 2.29. The Balaban J connectivity index is 2.26. The Morgan fingerprint density at radius 2 is 1.50 bits per heavy atom. The van der Waals surface area contributed by atoms with Crippen molar-refractivity contribution in [2.45, 2.75) is 26.2 Å². The second-order valence-electron chi connectivity index (χ2n) is 4.67. The lowest BCUT2D eigenvalue weighted by molar-refractivity contribution is 0.764. The van der Waals surface area contributed by atoms with Crippen LogP contribution in [0.2, 0.25) is 0 Å². The first kappa shape index (κ1) is 12.6. The van der Waals surface area contributed by atoms with Crippen molar-refractivity contribution in [1.29, 1.82) is 0 Å². The van der Waals surface area contributed by atoms with E-state index in [2.05, 4.69) is 80.6 Å². The van der Waals surface area contributed by atoms with Gasteiger partial charge in [-0.2, -0.15) is 0 Å². The van der Waals surface area contributed by atoms with Crippen LogP contribution in [0.4, 0.5) is 0 Å². The van der Waals surface area contributed by atoms with Gasteiger partial charge in [0.15, 0.2) is 0 Å². The molecule has 92 valence electrons. The zero-order valence-electron chi connectivity index (χ0n) is 11.1. The maximum atomic E-state index is 2.29. The van der Waals surface area contributed by atoms with Gasteiger partial charge in [-0.15, -0.1) is 0 Å². The normalized spacial score (nSPS) is 13.3. The zero-order valence-corrected chi connectivity index (χ0v) is 11.1. The second kappa shape index (κ2) is 6.20. The Hall–Kier alpha value is -1.82. The van der Waals surface area contributed by atoms with Crippen LogP contribution < -0.4 is 0 Å². The predicted octanol–water partition coefficient (Wildman–Crippen LogP) is 5.28. The fourth-order valence-electron chi connectivity index (χ4n) is 2.42. The number of hydrogen-bond acceptors (Lipinski definition) is 0. The molecule has 2 aromatic carbocycles. The molecule has 0 bridgehead atoms. The highest BCUT2D eigenvalue weighted by Gasteiger charge is 2.10. The summed E-state index contributed by atoms with van der Waals surface area (Å²) in [5.41, 5.74) is 4.11. The first-order chi connectivity index (χ1) is 8.81. The topological polar surface area (TPSA) is 0 Å². The van der Waals surface area contributed by atoms with E-state index in [4.69, 9.17) is 0 Å². The third-order valence-electron chi connectivity index (χ3n) is 3.35. The van der Waals surface area contributed by atoms with E-state index in [1.165, 1.54) is 16.7 Å². The summed E-state index contributed by atoms with van der Waals surface area (Å²) < 4.78 is 0. The zero-order chi connectivity index (χ0) is 12.8. The summed E-state index contributed by atoms with van der Waals surface area (Å²) in [5.74, 6) is 0.520. The van der Waals surface area contributed by atoms with Gasteiger partial charge in [-0.25, -0.2) is 0 Å². The molecule has 0 spiro atoms. The number of benzene rings is 2. The van der Waals surface area contributed by atoms with Gasteiger partial charge in [-0.1, -0.05) is 79.2 Å². The van der Waals surface area contributed by atoms with Gasteiger partial charge in [0.05, 0.1) is 0 Å². The molecular weight excluding hydrogens is 216 g/mol. The van der Waals surface area contributed by atoms with Gasteiger partial charge >= 0.3 is 0 Å². The summed E-state index contributed by atoms with van der Waals surface area (Å²) in [5, 5.41) is 0. The second-order valence-corrected chi connectivity index (χ2v) is 4.67. The molecule has 0 aliphatic carbocycles. The smallest absolute Gasteiger partial charge is 0.00461 e. The molecular formula is C18H20. The van der Waals surface area contributed by atoms with E-state index in [0.29, 0.717) is 5.92 Å². The van der Waals surface area contributed by atoms with Gasteiger partial charge in [0.2, 0.25) is 0 Å². The molecule has 0 saturated carbocycles. The van der Waals surface area contributed by atoms with Gasteiger partial charge in [0.1, 0.15) is 0 Å². The lowest BCUT2D eigenvalue weighted by Gasteiger charge is -2.16. The van der Waals surface area contributed by atoms with Crippen molar-refractivity contribution in [2.75, 3.05) is 0 Å². The van der Waals surface area contributed by atoms with E-state index in [0.717, 1.165) is 6.42 Å². The van der Waals surface area contributed by atoms with Crippen molar-refractivity contribution in [3.63, 3.8) is 0 Å². The molecule has 0 aliphatic heterocycles. The fourth-order valence-corrected chi connectivity index (χ4v) is 2.42. The number of allylic oxidation sites excluding steroid dienone is 1. The molecule has 0 saturated heterocycles. The molecule has 0 fully saturated rings. The average Bonchev–Trinajstić information content (AvgIpc) is 2.42. The molecule has 1 unspecified atom stereocenters. The monoisotopic (exact) mass is 236 g/mol. The lowest BCUT2D eigenvalue weighted by Crippen LogP contribution is -1.98. The van der Waals surface area contributed by atoms with Crippen LogP contribution in [0.1, 0.15) is 37.3 Å². The van der Waals surface area contributed by atoms with Gasteiger partial charge < -0.3 is 0 Å². The van der Waals surface area contributed by atoms with Crippen LogP contribution in [0.5, 0.6) is 0 Å². The standard InChI is InChI=1S/C18H20/c1-3-18(17-12-8-5-9-13-17)15(2)14-16-10-6-4-7-11-16/h4-14,18H,3H2,1-2H3. The lowest BCUT2D eigenvalue weighted by atomic mass is 9.89. The number of rotatable bonds is 4. The van der Waals surface area contributed by atoms with Crippen LogP contribution >= 0.6 is 0 Å². The SMILES string of the molecule is CCC(C(C)=Cc1ccccc1)c1ccccc1. The van der Waals surface area contributed by atoms with E-state index >= 15 is 0 Å². The first-order valence-corrected chi connectivity index (χ1v) is 6.59. The first-order valence-electron chi connectivity index (χ1n) is 6.59. The Kier molecular flexibility index (Phi) is 4.35. The van der Waals surface area contributed by atoms with Crippen molar-refractivity contribution < 1.29 is 0 Å². The molecule has 0 nitrogen and oxygen atoms in total. The highest BCUT2D eigenvalue weighted by molar-refractivity contribution is 5.54. The third kappa shape index (κ3) is 3.10. The molecule has 0 radical (unpaired) electrons. The van der Waals surface area contributed by atoms with E-state index in [1.54, 1.807) is 0 Å². The summed E-state index contributed by atoms with van der Waals surface area (Å²) in [6.07, 6.45) is 3.43. The van der Waals surface area contributed by atoms with E-state index < -0.39 is 0 Å². The van der Waals surface area contributed by atoms with Crippen LogP contribution in [-0.4, -0.2) is 0 Å². The van der Waals surface area contributed by atoms with Crippen LogP contribution in [0.3, 0.4) is 0 Å². The van der Waals surface area contributed by atoms with E-state index in [9.17, 15) is 0 Å². The van der Waals surface area contributed by atoms with Gasteiger partial charge in [0, 0.05) is 5.92 Å². The predicted molar refractivity (Wildman–Crippen MR) is 79.6 cm³/mol. The molecule has 0 aliphatic rings. The van der Waals surface area contributed by atoms with Crippen molar-refractivity contribution >= 4 is 6.08 Å². The van der Waals surface area contributed by atoms with Gasteiger partial charge in [-0.3, -0.25) is 0 Å². The van der Waals surface area contributed by atoms with Crippen molar-refractivity contribution in [3.8, 4) is 0 Å². The summed E-state index contributed by atoms with van der Waals surface area (Å²) in [6.45, 7) is 4.48. The molecule has 1 atom stereocenters. The van der Waals surface area contributed by atoms with Crippen molar-refractivity contribution in [2.24, 2.45) is 0 Å². The average molecular weight is 236 g/mol. The molecule has 0 N–H and O–H groups in total. The minimum Gasteiger partial charge on any atom is -0.0652 e. The molecule has 2 aromatic rings. The van der Waals surface area contributed by atoms with Crippen molar-refractivity contribution in [1.82, 2.24) is 0 Å². The molecule has 18 heavy (non-hydrogen) atoms. The molecule has 0 heteroatoms. The van der Waals surface area contributed by atoms with E-state index in [-0.39, 0.29) is 0 Å². The Bertz CT molecular complexity index is 494. The molecule has 2 rings (SSSR count). The molecule has 0 heterocycles. The minimum atomic E-state index is 0.520. The Morgan fingerprint density at radius 3 is 2.06 bits per heavy atom. The van der Waals surface area contributed by atoms with E-state index in [1.807, 2.05) is 0 Å². The van der Waals surface area contributed by atoms with Gasteiger partial charge in [0.25, 0.3) is 0 Å². The van der Waals surface area contributed by atoms with Crippen LogP contribution in [-0.2, 0) is 0 Å². The Morgan fingerprint density at radius 1 is 0.944 bits per heavy atom. The fraction of sp³-hybridized carbons (Fsp3) is 0.222. The van der Waals surface area contributed by atoms with Crippen LogP contribution in [0.25, 0.3) is 6.08 Å². The molecule has 0 aromatic heterocycles. The van der Waals surface area contributed by atoms with Crippen molar-refractivity contribution in [3.05, 3.63) is 77.4 Å². The van der Waals surface area contributed by atoms with Crippen LogP contribution in [0.15, 0.2) is 66.2 Å². The summed E-state index contributed by atoms with van der Waals surface area (Å²) in [7, 11) is 0. The van der Waals surface area contributed by atoms with Gasteiger partial charge in [-0.05, 0) is 24.5 Å². The summed E-state index contributed by atoms with van der Waals surface area (Å²) in [6, 6.07) is 21.3. The summed E-state index contributed by atoms with van der Waals surface area (Å²) >= 11 is 0. The highest BCUT2D eigenvalue weighted by Crippen LogP contribution is 2.28.